The highest BCUT2D eigenvalue weighted by atomic mass is 79.9. The van der Waals surface area contributed by atoms with Gasteiger partial charge in [0.05, 0.1) is 11.1 Å². The first kappa shape index (κ1) is 19.9. The summed E-state index contributed by atoms with van der Waals surface area (Å²) in [7, 11) is 0. The lowest BCUT2D eigenvalue weighted by molar-refractivity contribution is -0.136. The Balaban J connectivity index is 1.57. The topological polar surface area (TPSA) is 126 Å². The Morgan fingerprint density at radius 2 is 1.90 bits per heavy atom. The van der Waals surface area contributed by atoms with Gasteiger partial charge in [0.15, 0.2) is 0 Å². The number of hydrogen-bond donors (Lipinski definition) is 2. The molecule has 2 aliphatic rings. The van der Waals surface area contributed by atoms with Crippen LogP contribution in [0, 0.1) is 0 Å². The molecule has 3 heterocycles. The predicted molar refractivity (Wildman–Crippen MR) is 106 cm³/mol. The van der Waals surface area contributed by atoms with Gasteiger partial charge in [-0.3, -0.25) is 34.2 Å². The first-order valence-corrected chi connectivity index (χ1v) is 9.90. The molecule has 1 aromatic carbocycles. The number of piperidine rings is 1. The Labute approximate surface area is 179 Å². The van der Waals surface area contributed by atoms with Crippen molar-refractivity contribution in [3.8, 4) is 0 Å². The van der Waals surface area contributed by atoms with Crippen molar-refractivity contribution < 1.29 is 24.0 Å². The quantitative estimate of drug-likeness (QED) is 0.510. The molecule has 0 bridgehead atoms. The number of hydrogen-bond acceptors (Lipinski definition) is 6. The van der Waals surface area contributed by atoms with Crippen LogP contribution in [0.2, 0.25) is 0 Å². The molecule has 2 aromatic rings. The molecule has 10 heteroatoms. The summed E-state index contributed by atoms with van der Waals surface area (Å²) in [5.74, 6) is -2.75. The number of benzene rings is 1. The van der Waals surface area contributed by atoms with E-state index in [1.807, 2.05) is 0 Å². The standard InChI is InChI=1S/C20H15BrN4O5/c21-14-6-2-5-12(23-14)17(27)22-9-10-3-1-4-11-16(10)20(30)25(19(11)29)13-7-8-15(26)24-18(13)28/h1-6,13H,7-9H2,(H,22,27)(H,24,26,28). The molecule has 0 spiro atoms. The third kappa shape index (κ3) is 3.50. The van der Waals surface area contributed by atoms with Crippen LogP contribution < -0.4 is 10.6 Å². The van der Waals surface area contributed by atoms with E-state index in [2.05, 4.69) is 31.5 Å². The number of fused-ring (bicyclic) bond motifs is 1. The fourth-order valence-corrected chi connectivity index (χ4v) is 3.88. The van der Waals surface area contributed by atoms with Crippen molar-refractivity contribution in [2.24, 2.45) is 0 Å². The van der Waals surface area contributed by atoms with Crippen molar-refractivity contribution in [1.29, 1.82) is 0 Å². The van der Waals surface area contributed by atoms with Crippen molar-refractivity contribution in [1.82, 2.24) is 20.5 Å². The number of aromatic nitrogens is 1. The van der Waals surface area contributed by atoms with Gasteiger partial charge in [0.25, 0.3) is 17.7 Å². The Morgan fingerprint density at radius 3 is 2.63 bits per heavy atom. The number of imide groups is 2. The largest absolute Gasteiger partial charge is 0.347 e. The molecular formula is C20H15BrN4O5. The minimum Gasteiger partial charge on any atom is -0.347 e. The molecule has 1 aromatic heterocycles. The molecule has 1 atom stereocenters. The van der Waals surface area contributed by atoms with Crippen LogP contribution in [0.1, 0.15) is 49.6 Å². The van der Waals surface area contributed by atoms with Crippen LogP contribution >= 0.6 is 15.9 Å². The Kier molecular flexibility index (Phi) is 5.17. The fourth-order valence-electron chi connectivity index (χ4n) is 3.53. The predicted octanol–water partition coefficient (Wildman–Crippen LogP) is 1.18. The van der Waals surface area contributed by atoms with Gasteiger partial charge in [-0.25, -0.2) is 4.98 Å². The molecule has 1 fully saturated rings. The van der Waals surface area contributed by atoms with E-state index in [-0.39, 0.29) is 36.2 Å². The number of carbonyl (C=O) groups excluding carboxylic acids is 5. The van der Waals surface area contributed by atoms with E-state index in [1.54, 1.807) is 30.3 Å². The SMILES string of the molecule is O=C1CCC(N2C(=O)c3cccc(CNC(=O)c4cccc(Br)n4)c3C2=O)C(=O)N1. The number of amides is 5. The Morgan fingerprint density at radius 1 is 1.13 bits per heavy atom. The summed E-state index contributed by atoms with van der Waals surface area (Å²) in [6, 6.07) is 8.62. The average molecular weight is 471 g/mol. The van der Waals surface area contributed by atoms with E-state index in [9.17, 15) is 24.0 Å². The first-order chi connectivity index (χ1) is 14.4. The monoisotopic (exact) mass is 470 g/mol. The first-order valence-electron chi connectivity index (χ1n) is 9.11. The van der Waals surface area contributed by atoms with Crippen LogP contribution in [0.4, 0.5) is 0 Å². The lowest BCUT2D eigenvalue weighted by Gasteiger charge is -2.27. The zero-order valence-electron chi connectivity index (χ0n) is 15.5. The molecule has 1 saturated heterocycles. The van der Waals surface area contributed by atoms with Crippen LogP contribution in [0.25, 0.3) is 0 Å². The van der Waals surface area contributed by atoms with Crippen molar-refractivity contribution in [3.05, 3.63) is 63.4 Å². The number of nitrogens with zero attached hydrogens (tertiary/aromatic N) is 2. The van der Waals surface area contributed by atoms with Gasteiger partial charge in [0.1, 0.15) is 16.3 Å². The fraction of sp³-hybridized carbons (Fsp3) is 0.200. The molecular weight excluding hydrogens is 456 g/mol. The van der Waals surface area contributed by atoms with Gasteiger partial charge in [0, 0.05) is 13.0 Å². The van der Waals surface area contributed by atoms with Crippen LogP contribution in [-0.4, -0.2) is 45.5 Å². The highest BCUT2D eigenvalue weighted by Gasteiger charge is 2.45. The van der Waals surface area contributed by atoms with Crippen LogP contribution in [0.3, 0.4) is 0 Å². The van der Waals surface area contributed by atoms with Crippen molar-refractivity contribution in [2.45, 2.75) is 25.4 Å². The summed E-state index contributed by atoms with van der Waals surface area (Å²) in [6.07, 6.45) is 0.128. The summed E-state index contributed by atoms with van der Waals surface area (Å²) in [5.41, 5.74) is 0.959. The number of carbonyl (C=O) groups is 5. The minimum atomic E-state index is -1.04. The van der Waals surface area contributed by atoms with Crippen LogP contribution in [0.5, 0.6) is 0 Å². The van der Waals surface area contributed by atoms with Gasteiger partial charge in [-0.1, -0.05) is 18.2 Å². The maximum absolute atomic E-state index is 13.0. The lowest BCUT2D eigenvalue weighted by atomic mass is 10.0. The molecule has 0 saturated carbocycles. The van der Waals surface area contributed by atoms with Gasteiger partial charge in [-0.2, -0.15) is 0 Å². The highest BCUT2D eigenvalue weighted by molar-refractivity contribution is 9.10. The molecule has 0 radical (unpaired) electrons. The molecule has 5 amide bonds. The number of nitrogens with one attached hydrogen (secondary N) is 2. The average Bonchev–Trinajstić information content (AvgIpc) is 2.97. The second kappa shape index (κ2) is 7.79. The Bertz CT molecular complexity index is 1120. The van der Waals surface area contributed by atoms with Crippen molar-refractivity contribution in [3.63, 3.8) is 0 Å². The highest BCUT2D eigenvalue weighted by Crippen LogP contribution is 2.29. The molecule has 1 unspecified atom stereocenters. The van der Waals surface area contributed by atoms with E-state index in [4.69, 9.17) is 0 Å². The molecule has 9 nitrogen and oxygen atoms in total. The van der Waals surface area contributed by atoms with Crippen molar-refractivity contribution >= 4 is 45.5 Å². The molecule has 152 valence electrons. The van der Waals surface area contributed by atoms with E-state index in [1.165, 1.54) is 6.07 Å². The minimum absolute atomic E-state index is 0.00158. The summed E-state index contributed by atoms with van der Waals surface area (Å²) in [5, 5.41) is 4.85. The lowest BCUT2D eigenvalue weighted by Crippen LogP contribution is -2.54. The van der Waals surface area contributed by atoms with E-state index in [0.717, 1.165) is 4.90 Å². The summed E-state index contributed by atoms with van der Waals surface area (Å²) in [6.45, 7) is -0.00158. The molecule has 4 rings (SSSR count). The third-order valence-electron chi connectivity index (χ3n) is 4.94. The molecule has 30 heavy (non-hydrogen) atoms. The summed E-state index contributed by atoms with van der Waals surface area (Å²) >= 11 is 3.20. The van der Waals surface area contributed by atoms with Crippen LogP contribution in [0.15, 0.2) is 41.0 Å². The normalized spacial score (nSPS) is 18.3. The maximum atomic E-state index is 13.0. The van der Waals surface area contributed by atoms with E-state index in [0.29, 0.717) is 10.2 Å². The van der Waals surface area contributed by atoms with Crippen LogP contribution in [-0.2, 0) is 16.1 Å². The number of halogens is 1. The smallest absolute Gasteiger partial charge is 0.270 e. The van der Waals surface area contributed by atoms with E-state index >= 15 is 0 Å². The van der Waals surface area contributed by atoms with Gasteiger partial charge < -0.3 is 5.32 Å². The number of rotatable bonds is 4. The van der Waals surface area contributed by atoms with Gasteiger partial charge >= 0.3 is 0 Å². The van der Waals surface area contributed by atoms with Crippen molar-refractivity contribution in [2.75, 3.05) is 0 Å². The zero-order valence-corrected chi connectivity index (χ0v) is 17.1. The molecule has 0 aliphatic carbocycles. The second-order valence-corrected chi connectivity index (χ2v) is 7.63. The molecule has 2 N–H and O–H groups in total. The third-order valence-corrected chi connectivity index (χ3v) is 5.38. The Hall–Kier alpha value is -3.40. The van der Waals surface area contributed by atoms with Gasteiger partial charge in [-0.15, -0.1) is 0 Å². The van der Waals surface area contributed by atoms with Gasteiger partial charge in [0.2, 0.25) is 11.8 Å². The number of pyridine rings is 1. The molecule has 2 aliphatic heterocycles. The maximum Gasteiger partial charge on any atom is 0.270 e. The summed E-state index contributed by atoms with van der Waals surface area (Å²) < 4.78 is 0.511. The van der Waals surface area contributed by atoms with Gasteiger partial charge in [-0.05, 0) is 46.1 Å². The second-order valence-electron chi connectivity index (χ2n) is 6.82. The van der Waals surface area contributed by atoms with E-state index < -0.39 is 35.6 Å². The zero-order chi connectivity index (χ0) is 21.4. The summed E-state index contributed by atoms with van der Waals surface area (Å²) in [4.78, 5) is 66.7.